The maximum Gasteiger partial charge on any atom is 0.242 e. The molecule has 1 N–H and O–H groups in total. The lowest BCUT2D eigenvalue weighted by atomic mass is 10.1. The summed E-state index contributed by atoms with van der Waals surface area (Å²) in [5, 5.41) is 2.65. The second kappa shape index (κ2) is 12.0. The average molecular weight is 488 g/mol. The Hall–Kier alpha value is -2.87. The molecular formula is C26H37N3O4S. The molecular weight excluding hydrogens is 450 g/mol. The Morgan fingerprint density at radius 1 is 1.00 bits per heavy atom. The molecule has 0 saturated heterocycles. The summed E-state index contributed by atoms with van der Waals surface area (Å²) in [6.07, 6.45) is 2.13. The van der Waals surface area contributed by atoms with Crippen LogP contribution in [-0.4, -0.2) is 51.0 Å². The largest absolute Gasteiger partial charge is 0.357 e. The molecule has 0 aliphatic rings. The van der Waals surface area contributed by atoms with E-state index in [4.69, 9.17) is 0 Å². The van der Waals surface area contributed by atoms with Gasteiger partial charge in [-0.25, -0.2) is 8.42 Å². The molecule has 2 aromatic carbocycles. The normalized spacial score (nSPS) is 12.2. The number of sulfonamides is 1. The van der Waals surface area contributed by atoms with Crippen LogP contribution in [0.3, 0.4) is 0 Å². The van der Waals surface area contributed by atoms with Gasteiger partial charge in [0.25, 0.3) is 0 Å². The van der Waals surface area contributed by atoms with Crippen LogP contribution in [0.2, 0.25) is 0 Å². The number of carbonyl (C=O) groups excluding carboxylic acids is 2. The molecule has 0 aromatic heterocycles. The molecule has 34 heavy (non-hydrogen) atoms. The van der Waals surface area contributed by atoms with Crippen molar-refractivity contribution < 1.29 is 18.0 Å². The maximum atomic E-state index is 13.3. The maximum absolute atomic E-state index is 13.3. The highest BCUT2D eigenvalue weighted by molar-refractivity contribution is 7.92. The molecule has 0 radical (unpaired) electrons. The zero-order valence-corrected chi connectivity index (χ0v) is 21.9. The van der Waals surface area contributed by atoms with Crippen LogP contribution in [0.5, 0.6) is 0 Å². The number of likely N-dealkylation sites (N-methyl/N-ethyl adjacent to an activating group) is 1. The number of aryl methyl sites for hydroxylation is 3. The van der Waals surface area contributed by atoms with Gasteiger partial charge in [-0.3, -0.25) is 13.9 Å². The van der Waals surface area contributed by atoms with E-state index in [0.717, 1.165) is 22.3 Å². The van der Waals surface area contributed by atoms with Crippen LogP contribution in [0.4, 0.5) is 5.69 Å². The third-order valence-corrected chi connectivity index (χ3v) is 7.23. The van der Waals surface area contributed by atoms with E-state index in [9.17, 15) is 18.0 Å². The first-order valence-corrected chi connectivity index (χ1v) is 13.4. The van der Waals surface area contributed by atoms with Gasteiger partial charge in [0.05, 0.1) is 11.9 Å². The summed E-state index contributed by atoms with van der Waals surface area (Å²) < 4.78 is 26.3. The molecule has 0 spiro atoms. The van der Waals surface area contributed by atoms with Crippen molar-refractivity contribution in [3.63, 3.8) is 0 Å². The number of carbonyl (C=O) groups is 2. The second-order valence-corrected chi connectivity index (χ2v) is 10.7. The van der Waals surface area contributed by atoms with Gasteiger partial charge in [0.1, 0.15) is 6.04 Å². The zero-order valence-electron chi connectivity index (χ0n) is 21.1. The number of anilines is 1. The van der Waals surface area contributed by atoms with E-state index in [2.05, 4.69) is 5.32 Å². The highest BCUT2D eigenvalue weighted by Crippen LogP contribution is 2.22. The third-order valence-electron chi connectivity index (χ3n) is 6.04. The molecule has 186 valence electrons. The van der Waals surface area contributed by atoms with Crippen molar-refractivity contribution >= 4 is 27.5 Å². The molecule has 0 aliphatic carbocycles. The average Bonchev–Trinajstić information content (AvgIpc) is 2.78. The van der Waals surface area contributed by atoms with Crippen molar-refractivity contribution in [2.24, 2.45) is 0 Å². The molecule has 1 atom stereocenters. The summed E-state index contributed by atoms with van der Waals surface area (Å²) in [7, 11) is -1.95. The topological polar surface area (TPSA) is 86.8 Å². The fourth-order valence-corrected chi connectivity index (χ4v) is 4.82. The van der Waals surface area contributed by atoms with Crippen molar-refractivity contribution in [3.05, 3.63) is 64.7 Å². The van der Waals surface area contributed by atoms with Gasteiger partial charge in [-0.1, -0.05) is 42.8 Å². The van der Waals surface area contributed by atoms with Crippen molar-refractivity contribution in [1.29, 1.82) is 0 Å². The van der Waals surface area contributed by atoms with Crippen molar-refractivity contribution in [1.82, 2.24) is 10.2 Å². The Labute approximate surface area is 204 Å². The van der Waals surface area contributed by atoms with Gasteiger partial charge in [-0.05, 0) is 62.4 Å². The smallest absolute Gasteiger partial charge is 0.242 e. The fraction of sp³-hybridized carbons (Fsp3) is 0.462. The minimum absolute atomic E-state index is 0.135. The van der Waals surface area contributed by atoms with Crippen molar-refractivity contribution in [3.8, 4) is 0 Å². The third kappa shape index (κ3) is 7.32. The molecule has 0 unspecified atom stereocenters. The number of rotatable bonds is 11. The summed E-state index contributed by atoms with van der Waals surface area (Å²) in [4.78, 5) is 27.4. The molecule has 2 rings (SSSR count). The van der Waals surface area contributed by atoms with E-state index in [-0.39, 0.29) is 24.8 Å². The Bertz CT molecular complexity index is 1100. The van der Waals surface area contributed by atoms with Crippen LogP contribution in [0.15, 0.2) is 42.5 Å². The summed E-state index contributed by atoms with van der Waals surface area (Å²) in [6.45, 7) is 8.28. The van der Waals surface area contributed by atoms with Crippen molar-refractivity contribution in [2.75, 3.05) is 24.2 Å². The van der Waals surface area contributed by atoms with Crippen molar-refractivity contribution in [2.45, 2.75) is 59.5 Å². The van der Waals surface area contributed by atoms with Crippen LogP contribution >= 0.6 is 0 Å². The lowest BCUT2D eigenvalue weighted by molar-refractivity contribution is -0.141. The van der Waals surface area contributed by atoms with Gasteiger partial charge in [-0.2, -0.15) is 0 Å². The standard InChI is InChI=1S/C26H37N3O4S/c1-7-24(26(31)27-5)28(18-22-13-10-19(2)11-14-22)25(30)9-8-16-29(34(6,32)33)23-15-12-20(3)21(4)17-23/h10-15,17,24H,7-9,16,18H2,1-6H3,(H,27,31)/t24-/m1/s1. The Balaban J connectivity index is 2.19. The predicted octanol–water partition coefficient (Wildman–Crippen LogP) is 3.71. The van der Waals surface area contributed by atoms with Gasteiger partial charge in [0, 0.05) is 26.6 Å². The Kier molecular flexibility index (Phi) is 9.67. The van der Waals surface area contributed by atoms with Gasteiger partial charge in [0.2, 0.25) is 21.8 Å². The molecule has 0 heterocycles. The number of hydrogen-bond acceptors (Lipinski definition) is 4. The van der Waals surface area contributed by atoms with Crippen LogP contribution in [-0.2, 0) is 26.2 Å². The molecule has 0 saturated carbocycles. The highest BCUT2D eigenvalue weighted by atomic mass is 32.2. The first kappa shape index (κ1) is 27.4. The molecule has 0 fully saturated rings. The Morgan fingerprint density at radius 2 is 1.65 bits per heavy atom. The lowest BCUT2D eigenvalue weighted by Crippen LogP contribution is -2.48. The molecule has 0 aliphatic heterocycles. The lowest BCUT2D eigenvalue weighted by Gasteiger charge is -2.31. The first-order valence-electron chi connectivity index (χ1n) is 11.6. The van der Waals surface area contributed by atoms with Crippen LogP contribution < -0.4 is 9.62 Å². The molecule has 7 nitrogen and oxygen atoms in total. The second-order valence-electron chi connectivity index (χ2n) is 8.75. The highest BCUT2D eigenvalue weighted by Gasteiger charge is 2.28. The van der Waals surface area contributed by atoms with Crippen LogP contribution in [0, 0.1) is 20.8 Å². The summed E-state index contributed by atoms with van der Waals surface area (Å²) in [5.74, 6) is -0.389. The number of hydrogen-bond donors (Lipinski definition) is 1. The minimum atomic E-state index is -3.51. The molecule has 8 heteroatoms. The monoisotopic (exact) mass is 487 g/mol. The van der Waals surface area contributed by atoms with E-state index < -0.39 is 16.1 Å². The SMILES string of the molecule is CC[C@H](C(=O)NC)N(Cc1ccc(C)cc1)C(=O)CCCN(c1ccc(C)c(C)c1)S(C)(=O)=O. The van der Waals surface area contributed by atoms with E-state index in [1.807, 2.05) is 64.1 Å². The minimum Gasteiger partial charge on any atom is -0.357 e. The number of nitrogens with zero attached hydrogens (tertiary/aromatic N) is 2. The van der Waals surface area contributed by atoms with Gasteiger partial charge in [0.15, 0.2) is 0 Å². The summed E-state index contributed by atoms with van der Waals surface area (Å²) in [5.41, 5.74) is 4.73. The number of nitrogens with one attached hydrogen (secondary N) is 1. The van der Waals surface area contributed by atoms with Crippen LogP contribution in [0.25, 0.3) is 0 Å². The van der Waals surface area contributed by atoms with Gasteiger partial charge in [-0.15, -0.1) is 0 Å². The zero-order chi connectivity index (χ0) is 25.5. The van der Waals surface area contributed by atoms with E-state index in [0.29, 0.717) is 25.1 Å². The Morgan fingerprint density at radius 3 is 2.18 bits per heavy atom. The van der Waals surface area contributed by atoms with E-state index >= 15 is 0 Å². The van der Waals surface area contributed by atoms with Crippen LogP contribution in [0.1, 0.15) is 48.4 Å². The number of amides is 2. The first-order chi connectivity index (χ1) is 16.0. The van der Waals surface area contributed by atoms with Gasteiger partial charge >= 0.3 is 0 Å². The van der Waals surface area contributed by atoms with Gasteiger partial charge < -0.3 is 10.2 Å². The molecule has 2 amide bonds. The van der Waals surface area contributed by atoms with E-state index in [1.54, 1.807) is 18.0 Å². The quantitative estimate of drug-likeness (QED) is 0.523. The summed E-state index contributed by atoms with van der Waals surface area (Å²) in [6, 6.07) is 12.8. The molecule has 0 bridgehead atoms. The summed E-state index contributed by atoms with van der Waals surface area (Å²) >= 11 is 0. The predicted molar refractivity (Wildman–Crippen MR) is 137 cm³/mol. The fourth-order valence-electron chi connectivity index (χ4n) is 3.86. The van der Waals surface area contributed by atoms with E-state index in [1.165, 1.54) is 10.6 Å². The number of benzene rings is 2. The molecule has 2 aromatic rings.